The quantitative estimate of drug-likeness (QED) is 0.784. The third kappa shape index (κ3) is 4.09. The van der Waals surface area contributed by atoms with Crippen LogP contribution in [0, 0.1) is 0 Å². The summed E-state index contributed by atoms with van der Waals surface area (Å²) in [6.45, 7) is 0.656. The first-order valence-electron chi connectivity index (χ1n) is 6.17. The number of carbonyl (C=O) groups is 1. The molecule has 0 unspecified atom stereocenters. The Labute approximate surface area is 125 Å². The molecule has 1 aromatic carbocycles. The molecule has 1 aliphatic carbocycles. The lowest BCUT2D eigenvalue weighted by molar-refractivity contribution is -0.0290. The number of carbonyl (C=O) groups excluding carboxylic acids is 1. The van der Waals surface area contributed by atoms with Crippen molar-refractivity contribution in [2.75, 3.05) is 6.54 Å². The van der Waals surface area contributed by atoms with Gasteiger partial charge < -0.3 is 15.7 Å². The number of benzene rings is 1. The molecule has 2 rings (SSSR count). The van der Waals surface area contributed by atoms with Crippen molar-refractivity contribution >= 4 is 33.6 Å². The molecule has 104 valence electrons. The molecule has 0 spiro atoms. The van der Waals surface area contributed by atoms with E-state index in [1.165, 1.54) is 0 Å². The summed E-state index contributed by atoms with van der Waals surface area (Å²) in [6, 6.07) is 5.22. The topological polar surface area (TPSA) is 61.4 Å². The van der Waals surface area contributed by atoms with Crippen LogP contribution in [-0.4, -0.2) is 23.3 Å². The fourth-order valence-electron chi connectivity index (χ4n) is 1.91. The van der Waals surface area contributed by atoms with Gasteiger partial charge in [-0.3, -0.25) is 0 Å². The van der Waals surface area contributed by atoms with Gasteiger partial charge in [0, 0.05) is 22.6 Å². The average molecular weight is 348 g/mol. The Morgan fingerprint density at radius 3 is 2.74 bits per heavy atom. The summed E-state index contributed by atoms with van der Waals surface area (Å²) in [6.07, 6.45) is 2.53. The lowest BCUT2D eigenvalue weighted by Gasteiger charge is -2.36. The highest BCUT2D eigenvalue weighted by Gasteiger charge is 2.34. The summed E-state index contributed by atoms with van der Waals surface area (Å²) in [5.41, 5.74) is 0.148. The van der Waals surface area contributed by atoms with Crippen LogP contribution in [0.1, 0.15) is 24.8 Å². The molecule has 1 aromatic rings. The first-order chi connectivity index (χ1) is 8.98. The number of hydrogen-bond donors (Lipinski definition) is 3. The average Bonchev–Trinajstić information content (AvgIpc) is 2.33. The van der Waals surface area contributed by atoms with Gasteiger partial charge >= 0.3 is 6.03 Å². The monoisotopic (exact) mass is 346 g/mol. The number of nitrogens with one attached hydrogen (secondary N) is 2. The molecular formula is C13H16BrClN2O2. The van der Waals surface area contributed by atoms with Crippen LogP contribution < -0.4 is 10.6 Å². The van der Waals surface area contributed by atoms with Crippen LogP contribution in [0.4, 0.5) is 4.79 Å². The minimum Gasteiger partial charge on any atom is -0.388 e. The standard InChI is InChI=1S/C13H16BrClN2O2/c14-10-3-2-9(11(15)6-10)7-16-12(18)17-8-13(19)4-1-5-13/h2-3,6,19H,1,4-5,7-8H2,(H2,16,17,18). The number of amides is 2. The Balaban J connectivity index is 1.76. The minimum absolute atomic E-state index is 0.292. The van der Waals surface area contributed by atoms with Gasteiger partial charge in [-0.2, -0.15) is 0 Å². The summed E-state index contributed by atoms with van der Waals surface area (Å²) in [5, 5.41) is 15.8. The molecule has 0 atom stereocenters. The van der Waals surface area contributed by atoms with Crippen molar-refractivity contribution in [1.29, 1.82) is 0 Å². The van der Waals surface area contributed by atoms with E-state index in [-0.39, 0.29) is 6.03 Å². The van der Waals surface area contributed by atoms with Crippen molar-refractivity contribution < 1.29 is 9.90 Å². The molecule has 0 aliphatic heterocycles. The Morgan fingerprint density at radius 2 is 2.16 bits per heavy atom. The third-order valence-electron chi connectivity index (χ3n) is 3.32. The molecule has 0 saturated heterocycles. The van der Waals surface area contributed by atoms with E-state index in [0.717, 1.165) is 29.3 Å². The molecule has 6 heteroatoms. The zero-order valence-electron chi connectivity index (χ0n) is 10.4. The first kappa shape index (κ1) is 14.6. The summed E-state index contributed by atoms with van der Waals surface area (Å²) in [7, 11) is 0. The summed E-state index contributed by atoms with van der Waals surface area (Å²) < 4.78 is 0.901. The zero-order valence-corrected chi connectivity index (χ0v) is 12.7. The lowest BCUT2D eigenvalue weighted by atomic mass is 9.80. The molecule has 1 aliphatic rings. The van der Waals surface area contributed by atoms with Crippen LogP contribution in [-0.2, 0) is 6.54 Å². The maximum atomic E-state index is 11.6. The maximum Gasteiger partial charge on any atom is 0.315 e. The van der Waals surface area contributed by atoms with Gasteiger partial charge in [0.1, 0.15) is 0 Å². The van der Waals surface area contributed by atoms with Crippen molar-refractivity contribution in [1.82, 2.24) is 10.6 Å². The number of rotatable bonds is 4. The molecule has 19 heavy (non-hydrogen) atoms. The van der Waals surface area contributed by atoms with Gasteiger partial charge in [-0.15, -0.1) is 0 Å². The molecule has 4 nitrogen and oxygen atoms in total. The molecule has 1 fully saturated rings. The fraction of sp³-hybridized carbons (Fsp3) is 0.462. The minimum atomic E-state index is -0.702. The Kier molecular flexibility index (Phi) is 4.71. The second-order valence-electron chi connectivity index (χ2n) is 4.85. The predicted molar refractivity (Wildman–Crippen MR) is 78.2 cm³/mol. The SMILES string of the molecule is O=C(NCc1ccc(Br)cc1Cl)NCC1(O)CCC1. The van der Waals surface area contributed by atoms with E-state index in [2.05, 4.69) is 26.6 Å². The highest BCUT2D eigenvalue weighted by atomic mass is 79.9. The van der Waals surface area contributed by atoms with Crippen LogP contribution in [0.3, 0.4) is 0 Å². The first-order valence-corrected chi connectivity index (χ1v) is 7.34. The number of halogens is 2. The van der Waals surface area contributed by atoms with Gasteiger partial charge in [0.25, 0.3) is 0 Å². The predicted octanol–water partition coefficient (Wildman–Crippen LogP) is 2.82. The summed E-state index contributed by atoms with van der Waals surface area (Å²) >= 11 is 9.38. The highest BCUT2D eigenvalue weighted by molar-refractivity contribution is 9.10. The third-order valence-corrected chi connectivity index (χ3v) is 4.16. The van der Waals surface area contributed by atoms with E-state index in [4.69, 9.17) is 11.6 Å². The van der Waals surface area contributed by atoms with Crippen LogP contribution >= 0.6 is 27.5 Å². The van der Waals surface area contributed by atoms with Gasteiger partial charge in [0.2, 0.25) is 0 Å². The summed E-state index contributed by atoms with van der Waals surface area (Å²) in [4.78, 5) is 11.6. The number of aliphatic hydroxyl groups is 1. The van der Waals surface area contributed by atoms with Gasteiger partial charge in [-0.1, -0.05) is 33.6 Å². The molecule has 0 heterocycles. The van der Waals surface area contributed by atoms with E-state index in [1.54, 1.807) is 6.07 Å². The van der Waals surface area contributed by atoms with Crippen LogP contribution in [0.2, 0.25) is 5.02 Å². The van der Waals surface area contributed by atoms with Gasteiger partial charge in [-0.05, 0) is 37.0 Å². The highest BCUT2D eigenvalue weighted by Crippen LogP contribution is 2.30. The largest absolute Gasteiger partial charge is 0.388 e. The van der Waals surface area contributed by atoms with Crippen molar-refractivity contribution in [2.45, 2.75) is 31.4 Å². The van der Waals surface area contributed by atoms with E-state index >= 15 is 0 Å². The Hall–Kier alpha value is -0.780. The van der Waals surface area contributed by atoms with Crippen LogP contribution in [0.25, 0.3) is 0 Å². The maximum absolute atomic E-state index is 11.6. The second kappa shape index (κ2) is 6.11. The van der Waals surface area contributed by atoms with Gasteiger partial charge in [-0.25, -0.2) is 4.79 Å². The van der Waals surface area contributed by atoms with Gasteiger partial charge in [0.15, 0.2) is 0 Å². The molecular weight excluding hydrogens is 332 g/mol. The Bertz CT molecular complexity index is 478. The Morgan fingerprint density at radius 1 is 1.42 bits per heavy atom. The van der Waals surface area contributed by atoms with Crippen molar-refractivity contribution in [3.8, 4) is 0 Å². The molecule has 0 radical (unpaired) electrons. The smallest absolute Gasteiger partial charge is 0.315 e. The van der Waals surface area contributed by atoms with Crippen LogP contribution in [0.5, 0.6) is 0 Å². The molecule has 3 N–H and O–H groups in total. The normalized spacial score (nSPS) is 16.6. The van der Waals surface area contributed by atoms with Gasteiger partial charge in [0.05, 0.1) is 5.60 Å². The molecule has 0 aromatic heterocycles. The van der Waals surface area contributed by atoms with Crippen molar-refractivity contribution in [3.63, 3.8) is 0 Å². The lowest BCUT2D eigenvalue weighted by Crippen LogP contribution is -2.49. The molecule has 2 amide bonds. The van der Waals surface area contributed by atoms with E-state index in [9.17, 15) is 9.90 Å². The number of hydrogen-bond acceptors (Lipinski definition) is 2. The van der Waals surface area contributed by atoms with Crippen LogP contribution in [0.15, 0.2) is 22.7 Å². The molecule has 0 bridgehead atoms. The van der Waals surface area contributed by atoms with Crippen molar-refractivity contribution in [3.05, 3.63) is 33.3 Å². The van der Waals surface area contributed by atoms with Crippen molar-refractivity contribution in [2.24, 2.45) is 0 Å². The fourth-order valence-corrected chi connectivity index (χ4v) is 2.65. The van der Waals surface area contributed by atoms with E-state index in [0.29, 0.717) is 18.1 Å². The van der Waals surface area contributed by atoms with E-state index in [1.807, 2.05) is 12.1 Å². The number of urea groups is 1. The zero-order chi connectivity index (χ0) is 13.9. The summed E-state index contributed by atoms with van der Waals surface area (Å²) in [5.74, 6) is 0. The second-order valence-corrected chi connectivity index (χ2v) is 6.17. The van der Waals surface area contributed by atoms with E-state index < -0.39 is 5.60 Å². The molecule has 1 saturated carbocycles.